The molecule has 0 atom stereocenters. The topological polar surface area (TPSA) is 197 Å². The van der Waals surface area contributed by atoms with Crippen molar-refractivity contribution in [3.8, 4) is 11.1 Å². The van der Waals surface area contributed by atoms with E-state index >= 15 is 0 Å². The van der Waals surface area contributed by atoms with E-state index in [-0.39, 0.29) is 99.5 Å². The Hall–Kier alpha value is -6.13. The van der Waals surface area contributed by atoms with Crippen LogP contribution in [-0.4, -0.2) is 110 Å². The third-order valence-electron chi connectivity index (χ3n) is 9.09. The maximum atomic E-state index is 14.8. The van der Waals surface area contributed by atoms with E-state index in [0.29, 0.717) is 34.4 Å². The van der Waals surface area contributed by atoms with Crippen molar-refractivity contribution < 1.29 is 37.1 Å². The SMILES string of the molecule is N=C(Cc1ccc(F)c(C(=O)N2CCN(C(=O)CNCCOCCNC(=O)c3ncc(-c4cccc(CC(F)F)c4)cc3N)CC2)c1)c1ccccc1C(N)=O. The van der Waals surface area contributed by atoms with E-state index in [2.05, 4.69) is 15.6 Å². The highest BCUT2D eigenvalue weighted by Crippen LogP contribution is 2.24. The molecule has 3 aromatic carbocycles. The molecule has 16 heteroatoms. The number of nitrogen functional groups attached to an aromatic ring is 1. The average Bonchev–Trinajstić information content (AvgIpc) is 3.19. The summed E-state index contributed by atoms with van der Waals surface area (Å²) < 4.78 is 45.9. The molecular weight excluding hydrogens is 729 g/mol. The number of aromatic nitrogens is 1. The summed E-state index contributed by atoms with van der Waals surface area (Å²) in [6.45, 7) is 2.04. The van der Waals surface area contributed by atoms with Gasteiger partial charge < -0.3 is 42.0 Å². The lowest BCUT2D eigenvalue weighted by atomic mass is 9.96. The molecule has 1 aliphatic rings. The molecule has 7 N–H and O–H groups in total. The fraction of sp³-hybridized carbons (Fsp3) is 0.300. The number of ether oxygens (including phenoxy) is 1. The van der Waals surface area contributed by atoms with Crippen LogP contribution >= 0.6 is 0 Å². The van der Waals surface area contributed by atoms with Crippen molar-refractivity contribution in [3.05, 3.63) is 118 Å². The molecule has 0 saturated carbocycles. The van der Waals surface area contributed by atoms with E-state index in [1.165, 1.54) is 35.4 Å². The molecule has 1 aromatic heterocycles. The summed E-state index contributed by atoms with van der Waals surface area (Å²) in [5.74, 6) is -2.53. The molecule has 0 aliphatic carbocycles. The molecule has 0 bridgehead atoms. The lowest BCUT2D eigenvalue weighted by Gasteiger charge is -2.35. The zero-order valence-corrected chi connectivity index (χ0v) is 30.5. The predicted octanol–water partition coefficient (Wildman–Crippen LogP) is 3.31. The summed E-state index contributed by atoms with van der Waals surface area (Å²) in [6, 6.07) is 18.8. The van der Waals surface area contributed by atoms with E-state index in [4.69, 9.17) is 21.6 Å². The van der Waals surface area contributed by atoms with Crippen LogP contribution in [0.4, 0.5) is 18.9 Å². The van der Waals surface area contributed by atoms with Gasteiger partial charge in [-0.1, -0.05) is 48.5 Å². The van der Waals surface area contributed by atoms with Crippen molar-refractivity contribution >= 4 is 35.0 Å². The molecule has 4 aromatic rings. The maximum Gasteiger partial charge on any atom is 0.272 e. The van der Waals surface area contributed by atoms with Gasteiger partial charge in [-0.2, -0.15) is 0 Å². The molecule has 4 amide bonds. The van der Waals surface area contributed by atoms with Crippen molar-refractivity contribution in [2.24, 2.45) is 5.73 Å². The Morgan fingerprint density at radius 3 is 2.27 bits per heavy atom. The first-order chi connectivity index (χ1) is 26.9. The van der Waals surface area contributed by atoms with Crippen LogP contribution in [0.5, 0.6) is 0 Å². The Bertz CT molecular complexity index is 2070. The number of alkyl halides is 2. The van der Waals surface area contributed by atoms with Crippen LogP contribution in [0.25, 0.3) is 11.1 Å². The monoisotopic (exact) mass is 772 g/mol. The molecule has 1 saturated heterocycles. The minimum absolute atomic E-state index is 0.0309. The van der Waals surface area contributed by atoms with Gasteiger partial charge in [-0.15, -0.1) is 0 Å². The number of halogens is 3. The number of piperazine rings is 1. The number of nitrogens with one attached hydrogen (secondary N) is 3. The van der Waals surface area contributed by atoms with Crippen molar-refractivity contribution in [1.29, 1.82) is 5.41 Å². The van der Waals surface area contributed by atoms with Crippen LogP contribution in [0.2, 0.25) is 0 Å². The Morgan fingerprint density at radius 1 is 0.839 bits per heavy atom. The number of primary amides is 1. The third kappa shape index (κ3) is 11.0. The number of anilines is 1. The number of amides is 4. The standard InChI is InChI=1S/C40H43F3N8O5/c41-32-9-8-26(20-33(44)29-6-1-2-7-30(29)38(46)53)19-31(32)40(55)51-14-12-50(13-15-51)36(52)24-47-10-16-56-17-11-48-39(54)37-34(45)22-28(23-49-37)27-5-3-4-25(18-27)21-35(42)43/h1-9,18-19,22-23,35,44,47H,10-17,20-21,24,45H2,(H2,46,53)(H,48,54). The van der Waals surface area contributed by atoms with Crippen LogP contribution in [0.1, 0.15) is 47.9 Å². The zero-order chi connectivity index (χ0) is 40.2. The molecule has 0 radical (unpaired) electrons. The summed E-state index contributed by atoms with van der Waals surface area (Å²) in [5, 5.41) is 14.2. The summed E-state index contributed by atoms with van der Waals surface area (Å²) in [6.07, 6.45) is -1.31. The molecule has 5 rings (SSSR count). The molecule has 0 spiro atoms. The van der Waals surface area contributed by atoms with Crippen molar-refractivity contribution in [1.82, 2.24) is 25.4 Å². The zero-order valence-electron chi connectivity index (χ0n) is 30.5. The highest BCUT2D eigenvalue weighted by Gasteiger charge is 2.27. The Morgan fingerprint density at radius 2 is 1.55 bits per heavy atom. The summed E-state index contributed by atoms with van der Waals surface area (Å²) >= 11 is 0. The first-order valence-electron chi connectivity index (χ1n) is 17.9. The van der Waals surface area contributed by atoms with Gasteiger partial charge in [-0.3, -0.25) is 19.2 Å². The number of hydrogen-bond acceptors (Lipinski definition) is 9. The fourth-order valence-corrected chi connectivity index (χ4v) is 6.20. The van der Waals surface area contributed by atoms with Gasteiger partial charge in [-0.25, -0.2) is 18.2 Å². The molecular formula is C40H43F3N8O5. The molecule has 1 aliphatic heterocycles. The number of carbonyl (C=O) groups excluding carboxylic acids is 4. The first-order valence-corrected chi connectivity index (χ1v) is 17.9. The minimum atomic E-state index is -2.46. The molecule has 0 unspecified atom stereocenters. The highest BCUT2D eigenvalue weighted by molar-refractivity contribution is 6.09. The van der Waals surface area contributed by atoms with E-state index in [1.54, 1.807) is 53.4 Å². The first kappa shape index (κ1) is 41.0. The number of nitrogens with zero attached hydrogens (tertiary/aromatic N) is 3. The van der Waals surface area contributed by atoms with E-state index in [1.807, 2.05) is 0 Å². The van der Waals surface area contributed by atoms with Crippen molar-refractivity contribution in [2.75, 3.05) is 64.8 Å². The Kier molecular flexibility index (Phi) is 14.3. The molecule has 2 heterocycles. The summed E-state index contributed by atoms with van der Waals surface area (Å²) in [5.41, 5.74) is 14.5. The van der Waals surface area contributed by atoms with Crippen molar-refractivity contribution in [3.63, 3.8) is 0 Å². The lowest BCUT2D eigenvalue weighted by Crippen LogP contribution is -2.52. The summed E-state index contributed by atoms with van der Waals surface area (Å²) in [4.78, 5) is 57.7. The second-order valence-electron chi connectivity index (χ2n) is 13.1. The Balaban J connectivity index is 0.978. The average molecular weight is 773 g/mol. The van der Waals surface area contributed by atoms with Gasteiger partial charge in [0.05, 0.1) is 31.0 Å². The van der Waals surface area contributed by atoms with Crippen LogP contribution < -0.4 is 22.1 Å². The van der Waals surface area contributed by atoms with E-state index < -0.39 is 30.0 Å². The predicted molar refractivity (Wildman–Crippen MR) is 204 cm³/mol. The Labute approximate surface area is 321 Å². The van der Waals surface area contributed by atoms with Gasteiger partial charge in [0, 0.05) is 80.7 Å². The van der Waals surface area contributed by atoms with Gasteiger partial charge >= 0.3 is 0 Å². The fourth-order valence-electron chi connectivity index (χ4n) is 6.20. The quantitative estimate of drug-likeness (QED) is 0.0796. The van der Waals surface area contributed by atoms with Gasteiger partial charge in [-0.05, 0) is 41.0 Å². The van der Waals surface area contributed by atoms with E-state index in [9.17, 15) is 32.3 Å². The number of carbonyl (C=O) groups is 4. The normalized spacial score (nSPS) is 12.8. The van der Waals surface area contributed by atoms with Gasteiger partial charge in [0.2, 0.25) is 18.2 Å². The number of pyridine rings is 1. The van der Waals surface area contributed by atoms with Crippen LogP contribution in [-0.2, 0) is 22.4 Å². The van der Waals surface area contributed by atoms with Crippen LogP contribution in [0, 0.1) is 11.2 Å². The van der Waals surface area contributed by atoms with Crippen LogP contribution in [0.15, 0.2) is 79.0 Å². The second-order valence-corrected chi connectivity index (χ2v) is 13.1. The van der Waals surface area contributed by atoms with Gasteiger partial charge in [0.1, 0.15) is 5.82 Å². The molecule has 294 valence electrons. The molecule has 1 fully saturated rings. The number of benzene rings is 3. The van der Waals surface area contributed by atoms with Crippen LogP contribution in [0.3, 0.4) is 0 Å². The molecule has 13 nitrogen and oxygen atoms in total. The molecule has 56 heavy (non-hydrogen) atoms. The minimum Gasteiger partial charge on any atom is -0.397 e. The lowest BCUT2D eigenvalue weighted by molar-refractivity contribution is -0.131. The number of nitrogens with two attached hydrogens (primary N) is 2. The van der Waals surface area contributed by atoms with E-state index in [0.717, 1.165) is 0 Å². The number of rotatable bonds is 17. The smallest absolute Gasteiger partial charge is 0.272 e. The van der Waals surface area contributed by atoms with Gasteiger partial charge in [0.25, 0.3) is 11.8 Å². The highest BCUT2D eigenvalue weighted by atomic mass is 19.3. The number of hydrogen-bond donors (Lipinski definition) is 5. The van der Waals surface area contributed by atoms with Crippen molar-refractivity contribution in [2.45, 2.75) is 19.3 Å². The maximum absolute atomic E-state index is 14.8. The van der Waals surface area contributed by atoms with Gasteiger partial charge in [0.15, 0.2) is 5.69 Å². The second kappa shape index (κ2) is 19.5. The largest absolute Gasteiger partial charge is 0.397 e. The summed E-state index contributed by atoms with van der Waals surface area (Å²) in [7, 11) is 0. The third-order valence-corrected chi connectivity index (χ3v) is 9.09.